The van der Waals surface area contributed by atoms with Crippen LogP contribution in [0.25, 0.3) is 0 Å². The Morgan fingerprint density at radius 1 is 1.45 bits per heavy atom. The molecule has 0 aromatic heterocycles. The molecule has 1 aliphatic carbocycles. The van der Waals surface area contributed by atoms with Crippen LogP contribution in [-0.2, 0) is 0 Å². The fourth-order valence-electron chi connectivity index (χ4n) is 2.76. The standard InChI is InChI=1S/C11H21/c1-5-10-9(2)7-6-8-11(10,3)4/h6,9-10H,5,7-8H2,1-4H3. The highest BCUT2D eigenvalue weighted by atomic mass is 14.4. The average Bonchev–Trinajstić information content (AvgIpc) is 1.86. The van der Waals surface area contributed by atoms with Crippen LogP contribution in [0.3, 0.4) is 0 Å². The van der Waals surface area contributed by atoms with Crippen LogP contribution in [0, 0.1) is 23.7 Å². The van der Waals surface area contributed by atoms with Crippen molar-refractivity contribution < 1.29 is 0 Å². The van der Waals surface area contributed by atoms with Gasteiger partial charge in [0.15, 0.2) is 0 Å². The van der Waals surface area contributed by atoms with Gasteiger partial charge in [-0.15, -0.1) is 0 Å². The largest absolute Gasteiger partial charge is 0.0651 e. The summed E-state index contributed by atoms with van der Waals surface area (Å²) < 4.78 is 0. The van der Waals surface area contributed by atoms with E-state index in [1.807, 2.05) is 0 Å². The minimum absolute atomic E-state index is 0.562. The molecule has 0 saturated heterocycles. The van der Waals surface area contributed by atoms with E-state index in [0.717, 1.165) is 11.8 Å². The molecule has 0 aliphatic heterocycles. The van der Waals surface area contributed by atoms with Crippen LogP contribution >= 0.6 is 0 Å². The highest BCUT2D eigenvalue weighted by molar-refractivity contribution is 4.92. The molecule has 0 nitrogen and oxygen atoms in total. The van der Waals surface area contributed by atoms with E-state index in [-0.39, 0.29) is 0 Å². The highest BCUT2D eigenvalue weighted by Gasteiger charge is 2.35. The van der Waals surface area contributed by atoms with Gasteiger partial charge in [0.2, 0.25) is 0 Å². The van der Waals surface area contributed by atoms with Crippen molar-refractivity contribution in [2.24, 2.45) is 17.3 Å². The Morgan fingerprint density at radius 3 is 2.45 bits per heavy atom. The second kappa shape index (κ2) is 3.16. The van der Waals surface area contributed by atoms with E-state index in [1.165, 1.54) is 19.3 Å². The molecule has 2 unspecified atom stereocenters. The summed E-state index contributed by atoms with van der Waals surface area (Å²) in [7, 11) is 0. The molecular weight excluding hydrogens is 132 g/mol. The normalized spacial score (nSPS) is 37.1. The van der Waals surface area contributed by atoms with Crippen molar-refractivity contribution in [3.05, 3.63) is 6.42 Å². The molecule has 11 heavy (non-hydrogen) atoms. The van der Waals surface area contributed by atoms with Gasteiger partial charge in [-0.1, -0.05) is 34.1 Å². The summed E-state index contributed by atoms with van der Waals surface area (Å²) in [6.45, 7) is 9.54. The van der Waals surface area contributed by atoms with Gasteiger partial charge in [-0.2, -0.15) is 0 Å². The lowest BCUT2D eigenvalue weighted by molar-refractivity contribution is 0.108. The molecule has 1 rings (SSSR count). The van der Waals surface area contributed by atoms with Crippen molar-refractivity contribution in [2.75, 3.05) is 0 Å². The monoisotopic (exact) mass is 153 g/mol. The molecule has 1 fully saturated rings. The van der Waals surface area contributed by atoms with Gasteiger partial charge in [0, 0.05) is 0 Å². The fourth-order valence-corrected chi connectivity index (χ4v) is 2.76. The van der Waals surface area contributed by atoms with Crippen molar-refractivity contribution in [3.8, 4) is 0 Å². The molecule has 1 saturated carbocycles. The molecule has 0 amide bonds. The first kappa shape index (κ1) is 9.09. The molecule has 1 radical (unpaired) electrons. The molecule has 0 spiro atoms. The molecule has 1 aliphatic rings. The van der Waals surface area contributed by atoms with Gasteiger partial charge in [0.05, 0.1) is 0 Å². The summed E-state index contributed by atoms with van der Waals surface area (Å²) in [5, 5.41) is 0. The van der Waals surface area contributed by atoms with Crippen molar-refractivity contribution >= 4 is 0 Å². The molecular formula is C11H21. The van der Waals surface area contributed by atoms with E-state index >= 15 is 0 Å². The Kier molecular flexibility index (Phi) is 2.61. The zero-order valence-corrected chi connectivity index (χ0v) is 8.35. The summed E-state index contributed by atoms with van der Waals surface area (Å²) >= 11 is 0. The van der Waals surface area contributed by atoms with Gasteiger partial charge in [0.25, 0.3) is 0 Å². The first-order chi connectivity index (χ1) is 5.08. The minimum atomic E-state index is 0.562. The first-order valence-corrected chi connectivity index (χ1v) is 4.89. The summed E-state index contributed by atoms with van der Waals surface area (Å²) in [4.78, 5) is 0. The Bertz CT molecular complexity index is 124. The van der Waals surface area contributed by atoms with Crippen molar-refractivity contribution in [1.82, 2.24) is 0 Å². The van der Waals surface area contributed by atoms with Crippen LogP contribution in [0.2, 0.25) is 0 Å². The Labute approximate surface area is 71.4 Å². The fraction of sp³-hybridized carbons (Fsp3) is 0.909. The summed E-state index contributed by atoms with van der Waals surface area (Å²) in [5.41, 5.74) is 0.562. The molecule has 0 aromatic carbocycles. The van der Waals surface area contributed by atoms with Gasteiger partial charge in [0.1, 0.15) is 0 Å². The zero-order chi connectivity index (χ0) is 8.48. The SMILES string of the molecule is CCC1C(C)C[CH]CC1(C)C. The Morgan fingerprint density at radius 2 is 2.09 bits per heavy atom. The van der Waals surface area contributed by atoms with Gasteiger partial charge >= 0.3 is 0 Å². The molecule has 0 N–H and O–H groups in total. The smallest absolute Gasteiger partial charge is 0.0321 e. The van der Waals surface area contributed by atoms with Crippen LogP contribution in [0.5, 0.6) is 0 Å². The Balaban J connectivity index is 2.64. The predicted molar refractivity (Wildman–Crippen MR) is 50.3 cm³/mol. The number of hydrogen-bond acceptors (Lipinski definition) is 0. The van der Waals surface area contributed by atoms with Crippen LogP contribution < -0.4 is 0 Å². The van der Waals surface area contributed by atoms with E-state index < -0.39 is 0 Å². The van der Waals surface area contributed by atoms with Gasteiger partial charge in [-0.25, -0.2) is 0 Å². The molecule has 0 heterocycles. The maximum absolute atomic E-state index is 2.47. The maximum Gasteiger partial charge on any atom is -0.0321 e. The zero-order valence-electron chi connectivity index (χ0n) is 8.35. The summed E-state index contributed by atoms with van der Waals surface area (Å²) in [6.07, 6.45) is 6.47. The average molecular weight is 153 g/mol. The van der Waals surface area contributed by atoms with Crippen LogP contribution in [-0.4, -0.2) is 0 Å². The predicted octanol–water partition coefficient (Wildman–Crippen LogP) is 3.67. The lowest BCUT2D eigenvalue weighted by Gasteiger charge is -2.42. The van der Waals surface area contributed by atoms with Gasteiger partial charge in [-0.3, -0.25) is 0 Å². The van der Waals surface area contributed by atoms with E-state index in [0.29, 0.717) is 5.41 Å². The van der Waals surface area contributed by atoms with Crippen LogP contribution in [0.15, 0.2) is 0 Å². The molecule has 0 bridgehead atoms. The van der Waals surface area contributed by atoms with Crippen molar-refractivity contribution in [1.29, 1.82) is 0 Å². The van der Waals surface area contributed by atoms with E-state index in [1.54, 1.807) is 0 Å². The van der Waals surface area contributed by atoms with E-state index in [9.17, 15) is 0 Å². The van der Waals surface area contributed by atoms with Crippen LogP contribution in [0.1, 0.15) is 47.0 Å². The topological polar surface area (TPSA) is 0 Å². The molecule has 0 heteroatoms. The maximum atomic E-state index is 2.47. The lowest BCUT2D eigenvalue weighted by atomic mass is 9.63. The third kappa shape index (κ3) is 1.77. The minimum Gasteiger partial charge on any atom is -0.0651 e. The molecule has 2 atom stereocenters. The summed E-state index contributed by atoms with van der Waals surface area (Å²) in [6, 6.07) is 0. The third-order valence-corrected chi connectivity index (χ3v) is 3.34. The second-order valence-electron chi connectivity index (χ2n) is 4.71. The van der Waals surface area contributed by atoms with Crippen LogP contribution in [0.4, 0.5) is 0 Å². The van der Waals surface area contributed by atoms with Crippen molar-refractivity contribution in [3.63, 3.8) is 0 Å². The van der Waals surface area contributed by atoms with Crippen molar-refractivity contribution in [2.45, 2.75) is 47.0 Å². The number of hydrogen-bond donors (Lipinski definition) is 0. The van der Waals surface area contributed by atoms with Gasteiger partial charge < -0.3 is 0 Å². The number of rotatable bonds is 1. The van der Waals surface area contributed by atoms with E-state index in [4.69, 9.17) is 0 Å². The van der Waals surface area contributed by atoms with E-state index in [2.05, 4.69) is 34.1 Å². The van der Waals surface area contributed by atoms with Gasteiger partial charge in [-0.05, 0) is 36.5 Å². The lowest BCUT2D eigenvalue weighted by Crippen LogP contribution is -2.33. The summed E-state index contributed by atoms with van der Waals surface area (Å²) in [5.74, 6) is 1.84. The molecule has 65 valence electrons. The second-order valence-corrected chi connectivity index (χ2v) is 4.71. The molecule has 0 aromatic rings. The Hall–Kier alpha value is 0. The first-order valence-electron chi connectivity index (χ1n) is 4.89. The quantitative estimate of drug-likeness (QED) is 0.539. The third-order valence-electron chi connectivity index (χ3n) is 3.34. The highest BCUT2D eigenvalue weighted by Crippen LogP contribution is 2.44.